The second-order valence-corrected chi connectivity index (χ2v) is 21.2. The summed E-state index contributed by atoms with van der Waals surface area (Å²) in [5, 5.41) is 15.5. The molecular formula is C41H58N6O22P2. The highest BCUT2D eigenvalue weighted by Crippen LogP contribution is 2.60. The Hall–Kier alpha value is -5.01. The monoisotopic (exact) mass is 1050 g/mol. The minimum Gasteiger partial charge on any atom is -0.462 e. The van der Waals surface area contributed by atoms with Crippen LogP contribution < -0.4 is 27.6 Å². The summed E-state index contributed by atoms with van der Waals surface area (Å²) in [5.41, 5.74) is 0.938. The minimum absolute atomic E-state index is 0.323. The van der Waals surface area contributed by atoms with Gasteiger partial charge in [0.05, 0.1) is 57.4 Å². The van der Waals surface area contributed by atoms with Crippen molar-refractivity contribution in [1.82, 2.24) is 25.1 Å². The number of aromatic amines is 1. The summed E-state index contributed by atoms with van der Waals surface area (Å²) in [6.45, 7) is 10.2. The fraction of sp³-hybridized carbons (Fsp3) is 0.683. The van der Waals surface area contributed by atoms with Crippen molar-refractivity contribution in [1.29, 1.82) is 0 Å². The number of esters is 3. The van der Waals surface area contributed by atoms with Crippen LogP contribution in [0.3, 0.4) is 0 Å². The molecule has 0 aliphatic carbocycles. The van der Waals surface area contributed by atoms with E-state index in [1.165, 1.54) is 20.0 Å². The summed E-state index contributed by atoms with van der Waals surface area (Å²) < 4.78 is 95.0. The molecule has 0 aromatic carbocycles. The van der Waals surface area contributed by atoms with Crippen LogP contribution in [0.15, 0.2) is 28.1 Å². The number of carbonyl (C=O) groups excluding carboxylic acids is 5. The van der Waals surface area contributed by atoms with Crippen LogP contribution in [0.4, 0.5) is 4.79 Å². The predicted octanol–water partition coefficient (Wildman–Crippen LogP) is 0.121. The molecular weight excluding hydrogens is 990 g/mol. The van der Waals surface area contributed by atoms with Crippen LogP contribution in [0.2, 0.25) is 0 Å². The van der Waals surface area contributed by atoms with E-state index in [1.54, 1.807) is 41.5 Å². The Labute approximate surface area is 405 Å². The zero-order valence-electron chi connectivity index (χ0n) is 40.1. The van der Waals surface area contributed by atoms with Gasteiger partial charge in [-0.2, -0.15) is 0 Å². The van der Waals surface area contributed by atoms with Crippen molar-refractivity contribution < 1.29 is 93.8 Å². The first-order valence-corrected chi connectivity index (χ1v) is 25.1. The highest BCUT2D eigenvalue weighted by atomic mass is 31.2. The predicted molar refractivity (Wildman–Crippen MR) is 236 cm³/mol. The Morgan fingerprint density at radius 3 is 2.04 bits per heavy atom. The van der Waals surface area contributed by atoms with E-state index in [0.717, 1.165) is 28.8 Å². The van der Waals surface area contributed by atoms with Gasteiger partial charge >= 0.3 is 45.3 Å². The average molecular weight is 1050 g/mol. The van der Waals surface area contributed by atoms with E-state index in [9.17, 15) is 47.8 Å². The van der Waals surface area contributed by atoms with Crippen LogP contribution in [0.25, 0.3) is 0 Å². The molecule has 6 heterocycles. The fourth-order valence-corrected chi connectivity index (χ4v) is 10.8. The van der Waals surface area contributed by atoms with Crippen molar-refractivity contribution >= 4 is 45.6 Å². The third kappa shape index (κ3) is 12.6. The maximum atomic E-state index is 14.1. The first-order valence-electron chi connectivity index (χ1n) is 22.2. The largest absolute Gasteiger partial charge is 0.475 e. The van der Waals surface area contributed by atoms with Crippen LogP contribution in [0.1, 0.15) is 73.6 Å². The van der Waals surface area contributed by atoms with Crippen LogP contribution in [0, 0.1) is 23.2 Å². The number of phosphoric acid groups is 2. The average Bonchev–Trinajstić information content (AvgIpc) is 3.69. The topological polar surface area (TPSA) is 359 Å². The number of rotatable bonds is 16. The van der Waals surface area contributed by atoms with E-state index < -0.39 is 168 Å². The first-order chi connectivity index (χ1) is 33.2. The highest BCUT2D eigenvalue weighted by molar-refractivity contribution is 7.48. The number of carbonyl (C=O) groups is 5. The number of amides is 2. The quantitative estimate of drug-likeness (QED) is 0.0483. The van der Waals surface area contributed by atoms with Gasteiger partial charge in [0.25, 0.3) is 5.56 Å². The number of phosphoric ester groups is 2. The van der Waals surface area contributed by atoms with Gasteiger partial charge in [-0.3, -0.25) is 55.9 Å². The molecule has 30 heteroatoms. The second-order valence-electron chi connectivity index (χ2n) is 18.0. The number of nitrogens with two attached hydrogens (primary N) is 1. The number of nitrogens with one attached hydrogen (secondary N) is 3. The van der Waals surface area contributed by atoms with E-state index in [-0.39, 0.29) is 12.0 Å². The van der Waals surface area contributed by atoms with Crippen LogP contribution in [0.5, 0.6) is 0 Å². The maximum Gasteiger partial charge on any atom is 0.475 e. The molecule has 28 nitrogen and oxygen atoms in total. The Balaban J connectivity index is 1.25. The molecule has 71 heavy (non-hydrogen) atoms. The number of ether oxygens (including phenoxy) is 6. The number of aliphatic hydroxyl groups excluding tert-OH is 1. The molecule has 4 fully saturated rings. The van der Waals surface area contributed by atoms with Gasteiger partial charge < -0.3 is 54.8 Å². The van der Waals surface area contributed by atoms with Crippen molar-refractivity contribution in [3.8, 4) is 11.8 Å². The molecule has 0 bridgehead atoms. The fourth-order valence-electron chi connectivity index (χ4n) is 7.86. The normalized spacial score (nSPS) is 32.6. The number of H-pyrrole nitrogens is 1. The molecule has 0 spiro atoms. The highest BCUT2D eigenvalue weighted by Gasteiger charge is 2.62. The van der Waals surface area contributed by atoms with Crippen LogP contribution >= 0.6 is 15.6 Å². The number of hydrogen-bond acceptors (Lipinski definition) is 24. The van der Waals surface area contributed by atoms with E-state index in [2.05, 4.69) is 32.2 Å². The molecule has 5 aliphatic heterocycles. The summed E-state index contributed by atoms with van der Waals surface area (Å²) >= 11 is 0. The van der Waals surface area contributed by atoms with E-state index in [0.29, 0.717) is 0 Å². The molecule has 4 saturated heterocycles. The lowest BCUT2D eigenvalue weighted by molar-refractivity contribution is -0.167. The van der Waals surface area contributed by atoms with E-state index in [4.69, 9.17) is 56.6 Å². The van der Waals surface area contributed by atoms with Crippen LogP contribution in [-0.2, 0) is 83.9 Å². The van der Waals surface area contributed by atoms with Gasteiger partial charge in [-0.1, -0.05) is 11.8 Å². The minimum atomic E-state index is -4.68. The first kappa shape index (κ1) is 55.3. The van der Waals surface area contributed by atoms with Gasteiger partial charge in [0.1, 0.15) is 35.4 Å². The Kier molecular flexibility index (Phi) is 17.1. The van der Waals surface area contributed by atoms with E-state index >= 15 is 0 Å². The van der Waals surface area contributed by atoms with Crippen LogP contribution in [-0.4, -0.2) is 150 Å². The number of methoxy groups -OCH3 is 1. The smallest absolute Gasteiger partial charge is 0.462 e. The van der Waals surface area contributed by atoms with Crippen molar-refractivity contribution in [2.75, 3.05) is 33.5 Å². The molecule has 1 aromatic rings. The number of nitrogens with zero attached hydrogens (tertiary/aromatic N) is 2. The lowest BCUT2D eigenvalue weighted by Gasteiger charge is -2.40. The van der Waals surface area contributed by atoms with E-state index in [1.807, 2.05) is 0 Å². The van der Waals surface area contributed by atoms with Gasteiger partial charge in [-0.05, 0) is 61.8 Å². The lowest BCUT2D eigenvalue weighted by Crippen LogP contribution is -2.56. The number of fused-ring (bicyclic) bond motifs is 2. The summed E-state index contributed by atoms with van der Waals surface area (Å²) in [5.74, 6) is 0.817. The number of hydrogen-bond donors (Lipinski definition) is 5. The molecule has 0 radical (unpaired) electrons. The maximum absolute atomic E-state index is 14.1. The summed E-state index contributed by atoms with van der Waals surface area (Å²) in [6.07, 6.45) is -9.07. The standard InChI is InChI=1S/C41H58N6O22P2/c1-20(2)63-32(50)24(33(51)64-21(3)4)12-15-59-70(56)61-19-27-30(69-70)41(8,42)36(67-27)47-16-23(31(49)45-38(47)54)10-13-40(7)29-26(66-35(40)46-14-11-28(48)44-37(46)53)18-62-71(57,68-29)60-17-25(43-39(55)58-9)34(52)65-22(5)6/h11,14,16,20-22,24-27,29-30,35-37,53H,12,15,17-19,42H2,1-9H3,(H,43,55)(H,44,48)(H,45,49,54)/t25-,26+,27+,29+,30+,35+,36+,37?,40+,41+,70+,71+/m0/s1. The molecule has 1 aromatic heterocycles. The summed E-state index contributed by atoms with van der Waals surface area (Å²) in [4.78, 5) is 92.8. The Morgan fingerprint density at radius 2 is 1.45 bits per heavy atom. The summed E-state index contributed by atoms with van der Waals surface area (Å²) in [7, 11) is -8.10. The van der Waals surface area contributed by atoms with Gasteiger partial charge in [-0.25, -0.2) is 23.5 Å². The van der Waals surface area contributed by atoms with Crippen molar-refractivity contribution in [2.45, 2.75) is 135 Å². The molecule has 0 saturated carbocycles. The summed E-state index contributed by atoms with van der Waals surface area (Å²) in [6, 6.07) is -1.55. The zero-order chi connectivity index (χ0) is 52.4. The van der Waals surface area contributed by atoms with Crippen molar-refractivity contribution in [2.24, 2.45) is 17.1 Å². The molecule has 2 amide bonds. The molecule has 6 rings (SSSR count). The number of aliphatic hydroxyl groups is 1. The number of alkyl carbamates (subject to hydrolysis) is 1. The third-order valence-electron chi connectivity index (χ3n) is 11.2. The molecule has 12 atom stereocenters. The third-order valence-corrected chi connectivity index (χ3v) is 14.0. The molecule has 394 valence electrons. The Bertz CT molecular complexity index is 2500. The number of aromatic nitrogens is 2. The molecule has 1 unspecified atom stereocenters. The van der Waals surface area contributed by atoms with Gasteiger partial charge in [0.2, 0.25) is 12.3 Å². The van der Waals surface area contributed by atoms with Crippen molar-refractivity contribution in [3.05, 3.63) is 44.9 Å². The second kappa shape index (κ2) is 22.0. The van der Waals surface area contributed by atoms with Gasteiger partial charge in [0, 0.05) is 18.5 Å². The van der Waals surface area contributed by atoms with Crippen molar-refractivity contribution in [3.63, 3.8) is 0 Å². The van der Waals surface area contributed by atoms with Gasteiger partial charge in [0.15, 0.2) is 24.4 Å². The zero-order valence-corrected chi connectivity index (χ0v) is 41.9. The Morgan fingerprint density at radius 1 is 0.887 bits per heavy atom. The molecule has 5 aliphatic rings. The van der Waals surface area contributed by atoms with Gasteiger partial charge in [-0.15, -0.1) is 0 Å². The molecule has 6 N–H and O–H groups in total. The lowest BCUT2D eigenvalue weighted by atomic mass is 9.82. The SMILES string of the molecule is COC(=O)N[C@@H](CO[P@]1(=O)OC[C@H]2O[C@@H](N3C=CC(=O)NC3O)[C@](C)(C#Cc3cn([C@@H]4O[C@@H]5CO[P@@](=O)(OCCC(C(=O)OC(C)C)C(=O)OC(C)C)O[C@H]5[C@@]4(C)N)c(=O)[nH]c3=O)[C@@H]2O1)C(=O)OC(C)C.